The van der Waals surface area contributed by atoms with Gasteiger partial charge < -0.3 is 10.2 Å². The zero-order valence-electron chi connectivity index (χ0n) is 18.4. The number of aromatic nitrogens is 1. The van der Waals surface area contributed by atoms with Crippen molar-refractivity contribution in [1.82, 2.24) is 4.98 Å². The lowest BCUT2D eigenvalue weighted by Gasteiger charge is -2.63. The van der Waals surface area contributed by atoms with Gasteiger partial charge in [-0.25, -0.2) is 4.98 Å². The van der Waals surface area contributed by atoms with Crippen molar-refractivity contribution in [2.45, 2.75) is 83.3 Å². The number of rotatable bonds is 3. The molecule has 5 rings (SSSR count). The van der Waals surface area contributed by atoms with Gasteiger partial charge in [0.1, 0.15) is 5.82 Å². The summed E-state index contributed by atoms with van der Waals surface area (Å²) in [5.74, 6) is 2.64. The lowest BCUT2D eigenvalue weighted by molar-refractivity contribution is -0.206. The molecule has 0 unspecified atom stereocenters. The Morgan fingerprint density at radius 3 is 2.73 bits per heavy atom. The normalized spacial score (nSPS) is 48.1. The molecule has 1 heterocycles. The fourth-order valence-electron chi connectivity index (χ4n) is 8.11. The molecule has 30 heavy (non-hydrogen) atoms. The van der Waals surface area contributed by atoms with Crippen LogP contribution in [0.15, 0.2) is 29.5 Å². The number of nitrogens with one attached hydrogen (secondary N) is 1. The van der Waals surface area contributed by atoms with Gasteiger partial charge in [0, 0.05) is 23.7 Å². The Balaban J connectivity index is 1.35. The van der Waals surface area contributed by atoms with Gasteiger partial charge in [0.2, 0.25) is 0 Å². The molecule has 0 aromatic carbocycles. The van der Waals surface area contributed by atoms with E-state index in [9.17, 15) is 10.2 Å². The first-order valence-corrected chi connectivity index (χ1v) is 12.0. The molecule has 0 amide bonds. The van der Waals surface area contributed by atoms with E-state index in [1.165, 1.54) is 6.42 Å². The molecule has 4 fully saturated rings. The van der Waals surface area contributed by atoms with E-state index in [4.69, 9.17) is 0 Å². The first-order valence-electron chi connectivity index (χ1n) is 12.0. The molecular weight excluding hydrogens is 374 g/mol. The van der Waals surface area contributed by atoms with Crippen molar-refractivity contribution < 1.29 is 10.2 Å². The van der Waals surface area contributed by atoms with Crippen molar-refractivity contribution in [1.29, 1.82) is 0 Å². The molecule has 0 bridgehead atoms. The smallest absolute Gasteiger partial charge is 0.146 e. The van der Waals surface area contributed by atoms with Crippen molar-refractivity contribution in [2.75, 3.05) is 5.43 Å². The highest BCUT2D eigenvalue weighted by Gasteiger charge is 2.66. The number of hydrogen-bond acceptors (Lipinski definition) is 5. The van der Waals surface area contributed by atoms with Crippen LogP contribution in [0, 0.1) is 34.5 Å². The SMILES string of the molecule is C[C@]12CC[C@H](O)C[C@H]1CC[C@@H]1[C@@H]2CC[C@]2(C)[C@@H](/C=N/Nc3ccccn3)CC[C@]12O. The van der Waals surface area contributed by atoms with E-state index >= 15 is 0 Å². The molecule has 0 saturated heterocycles. The Morgan fingerprint density at radius 2 is 1.93 bits per heavy atom. The fraction of sp³-hybridized carbons (Fsp3) is 0.760. The minimum absolute atomic E-state index is 0.110. The molecule has 4 saturated carbocycles. The van der Waals surface area contributed by atoms with Gasteiger partial charge in [-0.2, -0.15) is 5.10 Å². The van der Waals surface area contributed by atoms with Crippen LogP contribution in [0.1, 0.15) is 71.6 Å². The molecular formula is C25H37N3O2. The highest BCUT2D eigenvalue weighted by atomic mass is 16.3. The molecule has 8 atom stereocenters. The van der Waals surface area contributed by atoms with Crippen LogP contribution in [0.4, 0.5) is 5.82 Å². The molecule has 5 nitrogen and oxygen atoms in total. The van der Waals surface area contributed by atoms with E-state index < -0.39 is 5.60 Å². The highest BCUT2D eigenvalue weighted by Crippen LogP contribution is 2.68. The molecule has 4 aliphatic carbocycles. The molecule has 4 aliphatic rings. The monoisotopic (exact) mass is 411 g/mol. The first-order chi connectivity index (χ1) is 14.4. The van der Waals surface area contributed by atoms with E-state index in [1.807, 2.05) is 24.4 Å². The zero-order valence-corrected chi connectivity index (χ0v) is 18.4. The van der Waals surface area contributed by atoms with Gasteiger partial charge in [0.25, 0.3) is 0 Å². The number of aliphatic hydroxyl groups excluding tert-OH is 1. The van der Waals surface area contributed by atoms with Crippen LogP contribution < -0.4 is 5.43 Å². The summed E-state index contributed by atoms with van der Waals surface area (Å²) in [5, 5.41) is 26.9. The summed E-state index contributed by atoms with van der Waals surface area (Å²) in [6.07, 6.45) is 13.1. The summed E-state index contributed by atoms with van der Waals surface area (Å²) < 4.78 is 0. The minimum Gasteiger partial charge on any atom is -0.393 e. The van der Waals surface area contributed by atoms with Crippen LogP contribution in [0.3, 0.4) is 0 Å². The number of anilines is 1. The number of aliphatic hydroxyl groups is 2. The Bertz CT molecular complexity index is 801. The first kappa shape index (κ1) is 20.4. The van der Waals surface area contributed by atoms with Gasteiger partial charge in [-0.1, -0.05) is 19.9 Å². The van der Waals surface area contributed by atoms with E-state index in [0.717, 1.165) is 57.2 Å². The van der Waals surface area contributed by atoms with Crippen molar-refractivity contribution in [3.63, 3.8) is 0 Å². The predicted molar refractivity (Wildman–Crippen MR) is 119 cm³/mol. The molecule has 1 aromatic heterocycles. The van der Waals surface area contributed by atoms with Gasteiger partial charge in [-0.3, -0.25) is 5.43 Å². The number of hydrazone groups is 1. The van der Waals surface area contributed by atoms with E-state index in [-0.39, 0.29) is 16.9 Å². The van der Waals surface area contributed by atoms with Crippen LogP contribution in [0.5, 0.6) is 0 Å². The summed E-state index contributed by atoms with van der Waals surface area (Å²) in [6.45, 7) is 4.78. The van der Waals surface area contributed by atoms with Gasteiger partial charge in [0.15, 0.2) is 0 Å². The van der Waals surface area contributed by atoms with Crippen LogP contribution >= 0.6 is 0 Å². The second kappa shape index (κ2) is 7.30. The number of pyridine rings is 1. The molecule has 164 valence electrons. The lowest BCUT2D eigenvalue weighted by Crippen LogP contribution is -2.62. The third-order valence-electron chi connectivity index (χ3n) is 9.99. The maximum Gasteiger partial charge on any atom is 0.146 e. The van der Waals surface area contributed by atoms with Crippen LogP contribution in [0.25, 0.3) is 0 Å². The third-order valence-corrected chi connectivity index (χ3v) is 9.99. The van der Waals surface area contributed by atoms with Crippen molar-refractivity contribution in [2.24, 2.45) is 39.6 Å². The zero-order chi connectivity index (χ0) is 21.0. The van der Waals surface area contributed by atoms with Crippen molar-refractivity contribution in [3.05, 3.63) is 24.4 Å². The van der Waals surface area contributed by atoms with E-state index in [2.05, 4.69) is 29.4 Å². The average Bonchev–Trinajstić information content (AvgIpc) is 3.01. The number of hydrogen-bond donors (Lipinski definition) is 3. The fourth-order valence-corrected chi connectivity index (χ4v) is 8.11. The summed E-state index contributed by atoms with van der Waals surface area (Å²) in [7, 11) is 0. The lowest BCUT2D eigenvalue weighted by atomic mass is 9.43. The van der Waals surface area contributed by atoms with Gasteiger partial charge in [-0.05, 0) is 93.1 Å². The van der Waals surface area contributed by atoms with Gasteiger partial charge >= 0.3 is 0 Å². The van der Waals surface area contributed by atoms with E-state index in [1.54, 1.807) is 6.20 Å². The van der Waals surface area contributed by atoms with Crippen molar-refractivity contribution >= 4 is 12.0 Å². The number of nitrogens with zero attached hydrogens (tertiary/aromatic N) is 2. The maximum absolute atomic E-state index is 12.2. The Morgan fingerprint density at radius 1 is 1.07 bits per heavy atom. The third kappa shape index (κ3) is 2.96. The predicted octanol–water partition coefficient (Wildman–Crippen LogP) is 4.61. The molecule has 3 N–H and O–H groups in total. The highest BCUT2D eigenvalue weighted by molar-refractivity contribution is 5.64. The molecule has 5 heteroatoms. The molecule has 0 spiro atoms. The molecule has 0 aliphatic heterocycles. The Kier molecular flexibility index (Phi) is 4.98. The summed E-state index contributed by atoms with van der Waals surface area (Å²) in [5.41, 5.74) is 2.63. The summed E-state index contributed by atoms with van der Waals surface area (Å²) in [6, 6.07) is 5.76. The minimum atomic E-state index is -0.596. The second-order valence-electron chi connectivity index (χ2n) is 11.1. The van der Waals surface area contributed by atoms with Crippen LogP contribution in [-0.2, 0) is 0 Å². The Hall–Kier alpha value is -1.46. The topological polar surface area (TPSA) is 77.7 Å². The van der Waals surface area contributed by atoms with Gasteiger partial charge in [0.05, 0.1) is 11.7 Å². The largest absolute Gasteiger partial charge is 0.393 e. The van der Waals surface area contributed by atoms with Crippen LogP contribution in [0.2, 0.25) is 0 Å². The van der Waals surface area contributed by atoms with Crippen LogP contribution in [-0.4, -0.2) is 33.1 Å². The molecule has 0 radical (unpaired) electrons. The Labute approximate surface area is 180 Å². The number of fused-ring (bicyclic) bond motifs is 5. The summed E-state index contributed by atoms with van der Waals surface area (Å²) >= 11 is 0. The van der Waals surface area contributed by atoms with Crippen molar-refractivity contribution in [3.8, 4) is 0 Å². The summed E-state index contributed by atoms with van der Waals surface area (Å²) in [4.78, 5) is 4.27. The maximum atomic E-state index is 12.2. The van der Waals surface area contributed by atoms with E-state index in [0.29, 0.717) is 23.7 Å². The second-order valence-corrected chi connectivity index (χ2v) is 11.1. The van der Waals surface area contributed by atoms with Gasteiger partial charge in [-0.15, -0.1) is 0 Å². The standard InChI is InChI=1S/C25H37N3O2/c1-23-11-9-19(29)15-17(23)6-7-21-20(23)10-12-24(2)18(8-13-25(21,24)30)16-27-28-22-5-3-4-14-26-22/h3-5,14,16-21,29-30H,6-13,15H2,1-2H3,(H,26,28)/b27-16+/t17-,18-,19+,20+,21-,23+,24-,25+/m1/s1. The molecule has 1 aromatic rings. The quantitative estimate of drug-likeness (QED) is 0.501. The average molecular weight is 412 g/mol.